The van der Waals surface area contributed by atoms with Crippen molar-refractivity contribution in [2.75, 3.05) is 4.90 Å². The summed E-state index contributed by atoms with van der Waals surface area (Å²) in [5.41, 5.74) is 8.99. The highest BCUT2D eigenvalue weighted by Crippen LogP contribution is 2.43. The molecule has 0 fully saturated rings. The van der Waals surface area contributed by atoms with Gasteiger partial charge in [0, 0.05) is 16.9 Å². The Labute approximate surface area is 175 Å². The van der Waals surface area contributed by atoms with E-state index in [1.54, 1.807) is 0 Å². The number of anilines is 3. The molecule has 0 radical (unpaired) electrons. The minimum Gasteiger partial charge on any atom is -0.310 e. The molecule has 0 unspecified atom stereocenters. The number of rotatable bonds is 4. The summed E-state index contributed by atoms with van der Waals surface area (Å²) in [4.78, 5) is 2.39. The molecule has 0 spiro atoms. The number of benzene rings is 3. The van der Waals surface area contributed by atoms with Crippen molar-refractivity contribution in [1.29, 1.82) is 0 Å². The molecular formula is C28H29N. The summed E-state index contributed by atoms with van der Waals surface area (Å²) in [6.45, 7) is 8.91. The number of para-hydroxylation sites is 1. The van der Waals surface area contributed by atoms with Gasteiger partial charge in [-0.15, -0.1) is 0 Å². The molecule has 1 nitrogen and oxygen atoms in total. The summed E-state index contributed by atoms with van der Waals surface area (Å²) in [5.74, 6) is 0. The second-order valence-electron chi connectivity index (χ2n) is 8.75. The Bertz CT molecular complexity index is 1040. The minimum atomic E-state index is 0.175. The van der Waals surface area contributed by atoms with Crippen LogP contribution in [0.4, 0.5) is 17.1 Å². The summed E-state index contributed by atoms with van der Waals surface area (Å²) in [6, 6.07) is 26.3. The van der Waals surface area contributed by atoms with Gasteiger partial charge in [-0.05, 0) is 72.7 Å². The lowest BCUT2D eigenvalue weighted by Crippen LogP contribution is -2.15. The van der Waals surface area contributed by atoms with Crippen molar-refractivity contribution in [2.45, 2.75) is 34.1 Å². The summed E-state index contributed by atoms with van der Waals surface area (Å²) in [7, 11) is 0. The molecule has 0 amide bonds. The Morgan fingerprint density at radius 3 is 1.97 bits per heavy atom. The SMILES string of the molecule is Cc1cccc(N(c2cccc(C)c2)c2ccccc2C2=CC=CC(C)(C)C2)c1. The smallest absolute Gasteiger partial charge is 0.0536 e. The van der Waals surface area contributed by atoms with E-state index in [0.717, 1.165) is 6.42 Å². The monoisotopic (exact) mass is 379 g/mol. The molecule has 1 aliphatic carbocycles. The van der Waals surface area contributed by atoms with Gasteiger partial charge in [0.2, 0.25) is 0 Å². The van der Waals surface area contributed by atoms with Crippen molar-refractivity contribution in [1.82, 2.24) is 0 Å². The molecule has 0 N–H and O–H groups in total. The summed E-state index contributed by atoms with van der Waals surface area (Å²) in [6.07, 6.45) is 7.82. The largest absolute Gasteiger partial charge is 0.310 e. The molecule has 3 aromatic rings. The lowest BCUT2D eigenvalue weighted by Gasteiger charge is -2.31. The van der Waals surface area contributed by atoms with E-state index in [0.29, 0.717) is 0 Å². The van der Waals surface area contributed by atoms with Crippen LogP contribution in [0.15, 0.2) is 91.0 Å². The second-order valence-corrected chi connectivity index (χ2v) is 8.75. The van der Waals surface area contributed by atoms with E-state index in [1.165, 1.54) is 39.3 Å². The molecule has 29 heavy (non-hydrogen) atoms. The molecule has 0 saturated carbocycles. The molecule has 0 bridgehead atoms. The van der Waals surface area contributed by atoms with E-state index in [1.807, 2.05) is 0 Å². The second kappa shape index (κ2) is 7.75. The van der Waals surface area contributed by atoms with Crippen LogP contribution < -0.4 is 4.90 Å². The van der Waals surface area contributed by atoms with Crippen LogP contribution in [0.25, 0.3) is 5.57 Å². The molecule has 1 heteroatoms. The van der Waals surface area contributed by atoms with Crippen LogP contribution in [0.5, 0.6) is 0 Å². The maximum Gasteiger partial charge on any atom is 0.0536 e. The zero-order chi connectivity index (χ0) is 20.4. The molecule has 0 atom stereocenters. The first kappa shape index (κ1) is 19.3. The molecule has 0 aromatic heterocycles. The van der Waals surface area contributed by atoms with Gasteiger partial charge in [0.15, 0.2) is 0 Å². The average molecular weight is 380 g/mol. The van der Waals surface area contributed by atoms with Crippen molar-refractivity contribution >= 4 is 22.6 Å². The Kier molecular flexibility index (Phi) is 5.15. The molecule has 0 heterocycles. The van der Waals surface area contributed by atoms with E-state index in [-0.39, 0.29) is 5.41 Å². The standard InChI is InChI=1S/C28H29N/c1-21-10-7-13-24(18-21)29(25-14-8-11-22(2)19-25)27-16-6-5-15-26(27)23-12-9-17-28(3,4)20-23/h5-19H,20H2,1-4H3. The molecule has 146 valence electrons. The van der Waals surface area contributed by atoms with Crippen molar-refractivity contribution in [3.63, 3.8) is 0 Å². The number of hydrogen-bond acceptors (Lipinski definition) is 1. The van der Waals surface area contributed by atoms with Crippen molar-refractivity contribution in [3.8, 4) is 0 Å². The van der Waals surface area contributed by atoms with Gasteiger partial charge >= 0.3 is 0 Å². The van der Waals surface area contributed by atoms with Gasteiger partial charge in [-0.1, -0.05) is 74.5 Å². The van der Waals surface area contributed by atoms with Crippen LogP contribution in [0.1, 0.15) is 37.0 Å². The number of hydrogen-bond donors (Lipinski definition) is 0. The van der Waals surface area contributed by atoms with Crippen LogP contribution in [-0.2, 0) is 0 Å². The van der Waals surface area contributed by atoms with Crippen molar-refractivity contribution in [3.05, 3.63) is 108 Å². The fourth-order valence-electron chi connectivity index (χ4n) is 4.12. The lowest BCUT2D eigenvalue weighted by atomic mass is 9.79. The van der Waals surface area contributed by atoms with Crippen LogP contribution in [0.2, 0.25) is 0 Å². The minimum absolute atomic E-state index is 0.175. The third-order valence-corrected chi connectivity index (χ3v) is 5.50. The first-order valence-electron chi connectivity index (χ1n) is 10.3. The molecular weight excluding hydrogens is 350 g/mol. The van der Waals surface area contributed by atoms with E-state index in [4.69, 9.17) is 0 Å². The topological polar surface area (TPSA) is 3.24 Å². The molecule has 1 aliphatic rings. The molecule has 0 aliphatic heterocycles. The van der Waals surface area contributed by atoms with Crippen molar-refractivity contribution < 1.29 is 0 Å². The van der Waals surface area contributed by atoms with Crippen LogP contribution in [0, 0.1) is 19.3 Å². The molecule has 4 rings (SSSR count). The molecule has 3 aromatic carbocycles. The highest BCUT2D eigenvalue weighted by atomic mass is 15.1. The summed E-state index contributed by atoms with van der Waals surface area (Å²) >= 11 is 0. The average Bonchev–Trinajstić information content (AvgIpc) is 2.68. The number of nitrogens with zero attached hydrogens (tertiary/aromatic N) is 1. The Morgan fingerprint density at radius 1 is 0.759 bits per heavy atom. The van der Waals surface area contributed by atoms with Gasteiger partial charge in [0.1, 0.15) is 0 Å². The van der Waals surface area contributed by atoms with E-state index >= 15 is 0 Å². The quantitative estimate of drug-likeness (QED) is 0.442. The van der Waals surface area contributed by atoms with Crippen molar-refractivity contribution in [2.24, 2.45) is 5.41 Å². The predicted molar refractivity (Wildman–Crippen MR) is 126 cm³/mol. The highest BCUT2D eigenvalue weighted by Gasteiger charge is 2.23. The first-order valence-corrected chi connectivity index (χ1v) is 10.3. The third kappa shape index (κ3) is 4.19. The van der Waals surface area contributed by atoms with Gasteiger partial charge < -0.3 is 4.90 Å². The Balaban J connectivity index is 1.91. The van der Waals surface area contributed by atoms with Gasteiger partial charge in [-0.3, -0.25) is 0 Å². The van der Waals surface area contributed by atoms with Crippen LogP contribution in [-0.4, -0.2) is 0 Å². The maximum absolute atomic E-state index is 2.39. The Morgan fingerprint density at radius 2 is 1.38 bits per heavy atom. The fraction of sp³-hybridized carbons (Fsp3) is 0.214. The lowest BCUT2D eigenvalue weighted by molar-refractivity contribution is 0.492. The zero-order valence-corrected chi connectivity index (χ0v) is 17.8. The van der Waals surface area contributed by atoms with E-state index < -0.39 is 0 Å². The van der Waals surface area contributed by atoms with Crippen LogP contribution in [0.3, 0.4) is 0 Å². The normalized spacial score (nSPS) is 15.1. The van der Waals surface area contributed by atoms with Gasteiger partial charge in [-0.2, -0.15) is 0 Å². The van der Waals surface area contributed by atoms with E-state index in [9.17, 15) is 0 Å². The number of allylic oxidation sites excluding steroid dienone is 4. The number of aryl methyl sites for hydroxylation is 2. The zero-order valence-electron chi connectivity index (χ0n) is 17.8. The Hall–Kier alpha value is -3.06. The molecule has 0 saturated heterocycles. The van der Waals surface area contributed by atoms with E-state index in [2.05, 4.69) is 124 Å². The van der Waals surface area contributed by atoms with Gasteiger partial charge in [-0.25, -0.2) is 0 Å². The highest BCUT2D eigenvalue weighted by molar-refractivity contribution is 5.87. The maximum atomic E-state index is 2.39. The predicted octanol–water partition coefficient (Wildman–Crippen LogP) is 8.14. The summed E-state index contributed by atoms with van der Waals surface area (Å²) < 4.78 is 0. The van der Waals surface area contributed by atoms with Gasteiger partial charge in [0.25, 0.3) is 0 Å². The summed E-state index contributed by atoms with van der Waals surface area (Å²) in [5, 5.41) is 0. The van der Waals surface area contributed by atoms with Crippen LogP contribution >= 0.6 is 0 Å². The first-order chi connectivity index (χ1) is 13.9. The fourth-order valence-corrected chi connectivity index (χ4v) is 4.12. The third-order valence-electron chi connectivity index (χ3n) is 5.50. The van der Waals surface area contributed by atoms with Gasteiger partial charge in [0.05, 0.1) is 5.69 Å².